The maximum atomic E-state index is 12.0. The Balaban J connectivity index is 1.80. The number of quaternary nitrogens is 2. The molecule has 0 radical (unpaired) electrons. The van der Waals surface area contributed by atoms with Gasteiger partial charge in [-0.05, 0) is 30.2 Å². The molecule has 0 saturated carbocycles. The molecule has 28 heavy (non-hydrogen) atoms. The number of hydrogen-bond acceptors (Lipinski definition) is 3. The van der Waals surface area contributed by atoms with E-state index in [1.165, 1.54) is 16.0 Å². The number of likely N-dealkylation sites (N-methyl/N-ethyl adjacent to an activating group) is 1. The van der Waals surface area contributed by atoms with Crippen LogP contribution in [0.25, 0.3) is 11.0 Å². The summed E-state index contributed by atoms with van der Waals surface area (Å²) in [7, 11) is 6.03. The van der Waals surface area contributed by atoms with Crippen LogP contribution in [0.15, 0.2) is 57.7 Å². The summed E-state index contributed by atoms with van der Waals surface area (Å²) in [4.78, 5) is 13.4. The maximum absolute atomic E-state index is 12.0. The highest BCUT2D eigenvalue weighted by Gasteiger charge is 2.23. The molecule has 0 aliphatic rings. The van der Waals surface area contributed by atoms with Gasteiger partial charge < -0.3 is 19.4 Å². The smallest absolute Gasteiger partial charge is 0.336 e. The summed E-state index contributed by atoms with van der Waals surface area (Å²) in [6, 6.07) is 16.2. The number of para-hydroxylation sites is 1. The fraction of sp³-hybridized carbons (Fsp3) is 0.348. The van der Waals surface area contributed by atoms with Crippen LogP contribution in [0, 0.1) is 0 Å². The average Bonchev–Trinajstić information content (AvgIpc) is 2.70. The molecule has 0 amide bonds. The lowest BCUT2D eigenvalue weighted by atomic mass is 10.0. The van der Waals surface area contributed by atoms with Gasteiger partial charge in [-0.3, -0.25) is 0 Å². The summed E-state index contributed by atoms with van der Waals surface area (Å²) >= 11 is 0. The van der Waals surface area contributed by atoms with E-state index in [1.807, 2.05) is 18.2 Å². The van der Waals surface area contributed by atoms with Crippen LogP contribution < -0.4 is 20.6 Å². The summed E-state index contributed by atoms with van der Waals surface area (Å²) in [6.45, 7) is 3.71. The van der Waals surface area contributed by atoms with Gasteiger partial charge in [0.15, 0.2) is 6.04 Å². The Morgan fingerprint density at radius 1 is 1.14 bits per heavy atom. The van der Waals surface area contributed by atoms with E-state index in [2.05, 4.69) is 50.6 Å². The van der Waals surface area contributed by atoms with Crippen molar-refractivity contribution in [1.29, 1.82) is 0 Å². The number of hydrogen-bond donors (Lipinski definition) is 2. The first-order valence-electron chi connectivity index (χ1n) is 9.83. The Hall–Kier alpha value is -2.63. The van der Waals surface area contributed by atoms with Crippen molar-refractivity contribution in [1.82, 2.24) is 0 Å². The number of nitrogens with two attached hydrogens (primary N) is 1. The zero-order valence-electron chi connectivity index (χ0n) is 17.1. The van der Waals surface area contributed by atoms with E-state index in [0.29, 0.717) is 5.58 Å². The number of fused-ring (bicyclic) bond motifs is 1. The van der Waals surface area contributed by atoms with E-state index in [0.717, 1.165) is 36.2 Å². The molecule has 0 fully saturated rings. The van der Waals surface area contributed by atoms with Crippen molar-refractivity contribution in [2.45, 2.75) is 25.9 Å². The zero-order valence-corrected chi connectivity index (χ0v) is 17.1. The summed E-state index contributed by atoms with van der Waals surface area (Å²) in [5, 5.41) is 3.27. The lowest BCUT2D eigenvalue weighted by Gasteiger charge is -2.22. The molecule has 5 heteroatoms. The van der Waals surface area contributed by atoms with Crippen LogP contribution in [-0.2, 0) is 13.0 Å². The first kappa shape index (κ1) is 20.1. The normalized spacial score (nSPS) is 12.5. The summed E-state index contributed by atoms with van der Waals surface area (Å²) in [6.07, 6.45) is 0.919. The van der Waals surface area contributed by atoms with Crippen LogP contribution in [0.2, 0.25) is 0 Å². The molecular weight excluding hydrogens is 352 g/mol. The Morgan fingerprint density at radius 2 is 1.93 bits per heavy atom. The molecule has 3 aromatic rings. The lowest BCUT2D eigenvalue weighted by Crippen LogP contribution is -3.09. The minimum atomic E-state index is -0.288. The molecule has 3 rings (SSSR count). The third-order valence-corrected chi connectivity index (χ3v) is 5.28. The van der Waals surface area contributed by atoms with Crippen molar-refractivity contribution < 1.29 is 19.4 Å². The van der Waals surface area contributed by atoms with E-state index < -0.39 is 0 Å². The van der Waals surface area contributed by atoms with Gasteiger partial charge in [-0.15, -0.1) is 0 Å². The van der Waals surface area contributed by atoms with Gasteiger partial charge in [0.05, 0.1) is 26.8 Å². The van der Waals surface area contributed by atoms with Crippen LogP contribution in [0.4, 0.5) is 0 Å². The standard InChI is InChI=1S/C23H28N2O3/c1-5-16-10-11-18-17(13-23(26)28-22(18)12-16)14-24-15-20(25(2)3)19-8-6-7-9-21(19)27-4/h6-13,20,24H,5,14-15H2,1-4H3/p+2/t20-/m1/s1. The Labute approximate surface area is 165 Å². The number of aryl methyl sites for hydroxylation is 1. The van der Waals surface area contributed by atoms with Gasteiger partial charge in [-0.1, -0.05) is 31.2 Å². The highest BCUT2D eigenvalue weighted by atomic mass is 16.5. The minimum absolute atomic E-state index is 0.286. The number of ether oxygens (including phenoxy) is 1. The van der Waals surface area contributed by atoms with Crippen LogP contribution in [-0.4, -0.2) is 27.7 Å². The van der Waals surface area contributed by atoms with Crippen molar-refractivity contribution in [2.24, 2.45) is 0 Å². The predicted molar refractivity (Wildman–Crippen MR) is 111 cm³/mol. The van der Waals surface area contributed by atoms with Gasteiger partial charge in [0.25, 0.3) is 0 Å². The molecule has 0 aliphatic heterocycles. The highest BCUT2D eigenvalue weighted by molar-refractivity contribution is 5.80. The number of rotatable bonds is 8. The van der Waals surface area contributed by atoms with Crippen LogP contribution in [0.1, 0.15) is 29.7 Å². The van der Waals surface area contributed by atoms with Gasteiger partial charge in [0, 0.05) is 17.0 Å². The maximum Gasteiger partial charge on any atom is 0.336 e. The Kier molecular flexibility index (Phi) is 6.49. The molecule has 0 unspecified atom stereocenters. The predicted octanol–water partition coefficient (Wildman–Crippen LogP) is 1.31. The third kappa shape index (κ3) is 4.43. The average molecular weight is 383 g/mol. The van der Waals surface area contributed by atoms with Gasteiger partial charge in [-0.25, -0.2) is 4.79 Å². The number of nitrogens with one attached hydrogen (secondary N) is 1. The van der Waals surface area contributed by atoms with E-state index in [4.69, 9.17) is 9.15 Å². The Morgan fingerprint density at radius 3 is 2.64 bits per heavy atom. The van der Waals surface area contributed by atoms with E-state index in [-0.39, 0.29) is 11.7 Å². The molecule has 0 aliphatic carbocycles. The summed E-state index contributed by atoms with van der Waals surface area (Å²) in [5.74, 6) is 0.917. The summed E-state index contributed by atoms with van der Waals surface area (Å²) < 4.78 is 11.0. The van der Waals surface area contributed by atoms with Crippen molar-refractivity contribution >= 4 is 11.0 Å². The molecule has 1 heterocycles. The zero-order chi connectivity index (χ0) is 20.1. The molecule has 148 valence electrons. The Bertz CT molecular complexity index is 995. The van der Waals surface area contributed by atoms with Gasteiger partial charge in [0.1, 0.15) is 24.4 Å². The quantitative estimate of drug-likeness (QED) is 0.578. The largest absolute Gasteiger partial charge is 0.496 e. The van der Waals surface area contributed by atoms with Crippen molar-refractivity contribution in [3.63, 3.8) is 0 Å². The minimum Gasteiger partial charge on any atom is -0.496 e. The summed E-state index contributed by atoms with van der Waals surface area (Å²) in [5.41, 5.74) is 3.77. The fourth-order valence-electron chi connectivity index (χ4n) is 3.70. The molecule has 0 saturated heterocycles. The second kappa shape index (κ2) is 9.04. The van der Waals surface area contributed by atoms with Gasteiger partial charge in [-0.2, -0.15) is 0 Å². The van der Waals surface area contributed by atoms with Crippen LogP contribution in [0.3, 0.4) is 0 Å². The SMILES string of the molecule is CCc1ccc2c(C[NH2+]C[C@H](c3ccccc3OC)[NH+](C)C)cc(=O)oc2c1. The number of methoxy groups -OCH3 is 1. The third-order valence-electron chi connectivity index (χ3n) is 5.28. The van der Waals surface area contributed by atoms with Crippen LogP contribution in [0.5, 0.6) is 5.75 Å². The molecule has 3 N–H and O–H groups in total. The molecule has 1 atom stereocenters. The fourth-order valence-corrected chi connectivity index (χ4v) is 3.70. The first-order chi connectivity index (χ1) is 13.5. The van der Waals surface area contributed by atoms with Crippen molar-refractivity contribution in [2.75, 3.05) is 27.7 Å². The molecule has 1 aromatic heterocycles. The monoisotopic (exact) mass is 382 g/mol. The van der Waals surface area contributed by atoms with E-state index >= 15 is 0 Å². The molecular formula is C23H30N2O3+2. The first-order valence-corrected chi connectivity index (χ1v) is 9.83. The molecule has 2 aromatic carbocycles. The topological polar surface area (TPSA) is 60.5 Å². The van der Waals surface area contributed by atoms with Gasteiger partial charge in [0.2, 0.25) is 0 Å². The molecule has 0 bridgehead atoms. The number of benzene rings is 2. The van der Waals surface area contributed by atoms with E-state index in [1.54, 1.807) is 13.2 Å². The van der Waals surface area contributed by atoms with Crippen LogP contribution >= 0.6 is 0 Å². The molecule has 5 nitrogen and oxygen atoms in total. The second-order valence-corrected chi connectivity index (χ2v) is 7.38. The van der Waals surface area contributed by atoms with Crippen molar-refractivity contribution in [3.8, 4) is 5.75 Å². The van der Waals surface area contributed by atoms with Crippen molar-refractivity contribution in [3.05, 3.63) is 75.6 Å². The lowest BCUT2D eigenvalue weighted by molar-refractivity contribution is -0.910. The van der Waals surface area contributed by atoms with E-state index in [9.17, 15) is 4.79 Å². The highest BCUT2D eigenvalue weighted by Crippen LogP contribution is 2.22. The molecule has 0 spiro atoms. The second-order valence-electron chi connectivity index (χ2n) is 7.38. The van der Waals surface area contributed by atoms with Gasteiger partial charge >= 0.3 is 5.63 Å².